The molecular weight excluding hydrogens is 327 g/mol. The molecule has 0 spiro atoms. The lowest BCUT2D eigenvalue weighted by molar-refractivity contribution is 0.103. The molecule has 1 saturated heterocycles. The van der Waals surface area contributed by atoms with Crippen LogP contribution in [0.2, 0.25) is 5.02 Å². The maximum atomic E-state index is 13.2. The van der Waals surface area contributed by atoms with Gasteiger partial charge in [-0.05, 0) is 30.8 Å². The Bertz CT molecular complexity index is 725. The van der Waals surface area contributed by atoms with Crippen molar-refractivity contribution in [3.63, 3.8) is 0 Å². The second-order valence-corrected chi connectivity index (χ2v) is 6.64. The first kappa shape index (κ1) is 17.1. The van der Waals surface area contributed by atoms with Gasteiger partial charge in [-0.15, -0.1) is 0 Å². The van der Waals surface area contributed by atoms with E-state index in [9.17, 15) is 9.18 Å². The number of ketones is 1. The summed E-state index contributed by atoms with van der Waals surface area (Å²) >= 11 is 5.75. The maximum Gasteiger partial charge on any atom is 0.193 e. The van der Waals surface area contributed by atoms with E-state index in [1.165, 1.54) is 23.8 Å². The topological polar surface area (TPSA) is 23.6 Å². The van der Waals surface area contributed by atoms with Gasteiger partial charge >= 0.3 is 0 Å². The summed E-state index contributed by atoms with van der Waals surface area (Å²) in [5, 5.41) is -0.0347. The van der Waals surface area contributed by atoms with Crippen molar-refractivity contribution in [1.82, 2.24) is 9.80 Å². The summed E-state index contributed by atoms with van der Waals surface area (Å²) in [6, 6.07) is 11.7. The molecule has 126 valence electrons. The molecule has 0 atom stereocenters. The van der Waals surface area contributed by atoms with Crippen LogP contribution >= 0.6 is 11.6 Å². The van der Waals surface area contributed by atoms with Crippen LogP contribution in [0.25, 0.3) is 0 Å². The molecule has 0 aromatic heterocycles. The lowest BCUT2D eigenvalue weighted by Gasteiger charge is -2.32. The molecule has 0 radical (unpaired) electrons. The predicted octanol–water partition coefficient (Wildman–Crippen LogP) is 3.46. The van der Waals surface area contributed by atoms with Gasteiger partial charge < -0.3 is 4.90 Å². The molecule has 1 heterocycles. The van der Waals surface area contributed by atoms with Crippen LogP contribution in [0.15, 0.2) is 42.5 Å². The van der Waals surface area contributed by atoms with E-state index in [-0.39, 0.29) is 10.8 Å². The molecule has 0 unspecified atom stereocenters. The minimum absolute atomic E-state index is 0.0347. The zero-order valence-corrected chi connectivity index (χ0v) is 14.4. The number of hydrogen-bond acceptors (Lipinski definition) is 3. The third kappa shape index (κ3) is 4.01. The van der Waals surface area contributed by atoms with Gasteiger partial charge in [0.1, 0.15) is 5.82 Å². The van der Waals surface area contributed by atoms with E-state index in [2.05, 4.69) is 16.8 Å². The zero-order valence-electron chi connectivity index (χ0n) is 13.6. The average molecular weight is 347 g/mol. The summed E-state index contributed by atoms with van der Waals surface area (Å²) in [6.45, 7) is 5.19. The summed E-state index contributed by atoms with van der Waals surface area (Å²) in [5.41, 5.74) is 2.17. The molecule has 5 heteroatoms. The quantitative estimate of drug-likeness (QED) is 0.792. The van der Waals surface area contributed by atoms with E-state index in [1.54, 1.807) is 0 Å². The van der Waals surface area contributed by atoms with Crippen LogP contribution in [0.5, 0.6) is 0 Å². The van der Waals surface area contributed by atoms with E-state index >= 15 is 0 Å². The summed E-state index contributed by atoms with van der Waals surface area (Å²) in [7, 11) is 2.14. The Labute approximate surface area is 146 Å². The van der Waals surface area contributed by atoms with E-state index in [4.69, 9.17) is 11.6 Å². The molecule has 24 heavy (non-hydrogen) atoms. The van der Waals surface area contributed by atoms with Crippen molar-refractivity contribution in [1.29, 1.82) is 0 Å². The predicted molar refractivity (Wildman–Crippen MR) is 94.1 cm³/mol. The van der Waals surface area contributed by atoms with E-state index < -0.39 is 5.82 Å². The molecule has 1 aliphatic rings. The largest absolute Gasteiger partial charge is 0.304 e. The number of benzene rings is 2. The standard InChI is InChI=1S/C19H20ClFN2O/c1-22-8-10-23(11-9-22)13-14-2-4-15(5-3-14)19(24)16-6-7-18(21)17(20)12-16/h2-7,12H,8-11,13H2,1H3. The molecule has 3 rings (SSSR count). The normalized spacial score (nSPS) is 16.3. The smallest absolute Gasteiger partial charge is 0.193 e. The number of piperazine rings is 1. The zero-order chi connectivity index (χ0) is 17.1. The van der Waals surface area contributed by atoms with E-state index in [0.717, 1.165) is 32.7 Å². The van der Waals surface area contributed by atoms with Gasteiger partial charge in [-0.1, -0.05) is 35.9 Å². The highest BCUT2D eigenvalue weighted by molar-refractivity contribution is 6.31. The number of carbonyl (C=O) groups is 1. The number of halogens is 2. The van der Waals surface area contributed by atoms with Crippen molar-refractivity contribution in [2.45, 2.75) is 6.54 Å². The van der Waals surface area contributed by atoms with Crippen LogP contribution in [0.1, 0.15) is 21.5 Å². The van der Waals surface area contributed by atoms with Crippen molar-refractivity contribution in [3.05, 3.63) is 70.0 Å². The number of likely N-dealkylation sites (N-methyl/N-ethyl adjacent to an activating group) is 1. The van der Waals surface area contributed by atoms with Crippen molar-refractivity contribution < 1.29 is 9.18 Å². The Balaban J connectivity index is 1.67. The first-order valence-corrected chi connectivity index (χ1v) is 8.40. The highest BCUT2D eigenvalue weighted by Gasteiger charge is 2.15. The van der Waals surface area contributed by atoms with Crippen molar-refractivity contribution in [2.24, 2.45) is 0 Å². The summed E-state index contributed by atoms with van der Waals surface area (Å²) in [4.78, 5) is 17.2. The Morgan fingerprint density at radius 3 is 2.29 bits per heavy atom. The molecule has 0 bridgehead atoms. The van der Waals surface area contributed by atoms with Crippen molar-refractivity contribution in [2.75, 3.05) is 33.2 Å². The SMILES string of the molecule is CN1CCN(Cc2ccc(C(=O)c3ccc(F)c(Cl)c3)cc2)CC1. The van der Waals surface area contributed by atoms with Crippen LogP contribution < -0.4 is 0 Å². The van der Waals surface area contributed by atoms with Crippen LogP contribution in [-0.2, 0) is 6.54 Å². The lowest BCUT2D eigenvalue weighted by Crippen LogP contribution is -2.43. The number of carbonyl (C=O) groups excluding carboxylic acids is 1. The van der Waals surface area contributed by atoms with Crippen molar-refractivity contribution >= 4 is 17.4 Å². The van der Waals surface area contributed by atoms with Crippen LogP contribution in [-0.4, -0.2) is 48.8 Å². The Hall–Kier alpha value is -1.75. The Kier molecular flexibility index (Phi) is 5.29. The Morgan fingerprint density at radius 1 is 1.04 bits per heavy atom. The summed E-state index contributed by atoms with van der Waals surface area (Å²) < 4.78 is 13.2. The lowest BCUT2D eigenvalue weighted by atomic mass is 10.0. The summed E-state index contributed by atoms with van der Waals surface area (Å²) in [6.07, 6.45) is 0. The fraction of sp³-hybridized carbons (Fsp3) is 0.316. The molecule has 2 aromatic rings. The number of hydrogen-bond donors (Lipinski definition) is 0. The minimum atomic E-state index is -0.518. The fourth-order valence-electron chi connectivity index (χ4n) is 2.83. The van der Waals surface area contributed by atoms with Gasteiger partial charge in [-0.2, -0.15) is 0 Å². The van der Waals surface area contributed by atoms with Gasteiger partial charge in [0, 0.05) is 43.9 Å². The molecule has 1 aliphatic heterocycles. The van der Waals surface area contributed by atoms with Gasteiger partial charge in [-0.25, -0.2) is 4.39 Å². The number of nitrogens with zero attached hydrogens (tertiary/aromatic N) is 2. The average Bonchev–Trinajstić information content (AvgIpc) is 2.59. The molecule has 3 nitrogen and oxygen atoms in total. The van der Waals surface area contributed by atoms with Crippen LogP contribution in [0.4, 0.5) is 4.39 Å². The highest BCUT2D eigenvalue weighted by atomic mass is 35.5. The van der Waals surface area contributed by atoms with E-state index in [1.807, 2.05) is 24.3 Å². The molecule has 0 saturated carbocycles. The van der Waals surface area contributed by atoms with Gasteiger partial charge in [-0.3, -0.25) is 9.69 Å². The first-order valence-electron chi connectivity index (χ1n) is 8.02. The van der Waals surface area contributed by atoms with Crippen LogP contribution in [0, 0.1) is 5.82 Å². The second-order valence-electron chi connectivity index (χ2n) is 6.23. The minimum Gasteiger partial charge on any atom is -0.304 e. The third-order valence-electron chi connectivity index (χ3n) is 4.40. The van der Waals surface area contributed by atoms with Gasteiger partial charge in [0.15, 0.2) is 5.78 Å². The monoisotopic (exact) mass is 346 g/mol. The molecule has 0 N–H and O–H groups in total. The highest BCUT2D eigenvalue weighted by Crippen LogP contribution is 2.19. The molecule has 0 aliphatic carbocycles. The number of rotatable bonds is 4. The molecule has 1 fully saturated rings. The maximum absolute atomic E-state index is 13.2. The van der Waals surface area contributed by atoms with Crippen molar-refractivity contribution in [3.8, 4) is 0 Å². The second kappa shape index (κ2) is 7.43. The fourth-order valence-corrected chi connectivity index (χ4v) is 3.01. The first-order chi connectivity index (χ1) is 11.5. The van der Waals surface area contributed by atoms with Gasteiger partial charge in [0.2, 0.25) is 0 Å². The summed E-state index contributed by atoms with van der Waals surface area (Å²) in [5.74, 6) is -0.668. The van der Waals surface area contributed by atoms with Gasteiger partial charge in [0.25, 0.3) is 0 Å². The van der Waals surface area contributed by atoms with Crippen LogP contribution in [0.3, 0.4) is 0 Å². The molecule has 2 aromatic carbocycles. The molecule has 0 amide bonds. The molecular formula is C19H20ClFN2O. The third-order valence-corrected chi connectivity index (χ3v) is 4.69. The van der Waals surface area contributed by atoms with E-state index in [0.29, 0.717) is 11.1 Å². The van der Waals surface area contributed by atoms with Gasteiger partial charge in [0.05, 0.1) is 5.02 Å². The Morgan fingerprint density at radius 2 is 1.67 bits per heavy atom.